The summed E-state index contributed by atoms with van der Waals surface area (Å²) in [7, 11) is 0. The number of aromatic nitrogens is 2. The predicted octanol–water partition coefficient (Wildman–Crippen LogP) is 8.15. The van der Waals surface area contributed by atoms with Crippen molar-refractivity contribution in [2.75, 3.05) is 0 Å². The number of rotatable bonds is 2. The van der Waals surface area contributed by atoms with E-state index in [1.54, 1.807) is 6.20 Å². The molecule has 0 unspecified atom stereocenters. The third-order valence-corrected chi connectivity index (χ3v) is 5.83. The van der Waals surface area contributed by atoms with Gasteiger partial charge >= 0.3 is 0 Å². The maximum Gasteiger partial charge on any atom is 0.137 e. The number of furan rings is 1. The van der Waals surface area contributed by atoms with Crippen molar-refractivity contribution < 1.29 is 24.5 Å². The first-order valence-corrected chi connectivity index (χ1v) is 11.4. The van der Waals surface area contributed by atoms with Crippen molar-refractivity contribution in [1.29, 1.82) is 0 Å². The number of nitrogens with zero attached hydrogens (tertiary/aromatic N) is 2. The maximum absolute atomic E-state index is 6.17. The molecule has 0 amide bonds. The van der Waals surface area contributed by atoms with Crippen LogP contribution in [0.3, 0.4) is 0 Å². The summed E-state index contributed by atoms with van der Waals surface area (Å²) < 4.78 is 6.17. The molecule has 4 heteroatoms. The van der Waals surface area contributed by atoms with E-state index in [-0.39, 0.29) is 20.1 Å². The van der Waals surface area contributed by atoms with Crippen molar-refractivity contribution in [3.63, 3.8) is 0 Å². The van der Waals surface area contributed by atoms with Gasteiger partial charge < -0.3 is 9.40 Å². The fraction of sp³-hybridized carbons (Fsp3) is 0. The van der Waals surface area contributed by atoms with Crippen LogP contribution in [0.25, 0.3) is 55.4 Å². The van der Waals surface area contributed by atoms with E-state index in [1.807, 2.05) is 103 Å². The molecular formula is C32H20IrN2O-2. The second-order valence-corrected chi connectivity index (χ2v) is 8.05. The molecule has 0 aliphatic heterocycles. The summed E-state index contributed by atoms with van der Waals surface area (Å²) in [5.41, 5.74) is 6.63. The summed E-state index contributed by atoms with van der Waals surface area (Å²) in [5.74, 6) is 0. The summed E-state index contributed by atoms with van der Waals surface area (Å²) in [4.78, 5) is 9.12. The first-order chi connectivity index (χ1) is 17.4. The summed E-state index contributed by atoms with van der Waals surface area (Å²) >= 11 is 0. The van der Waals surface area contributed by atoms with Crippen molar-refractivity contribution in [1.82, 2.24) is 9.97 Å². The van der Waals surface area contributed by atoms with Gasteiger partial charge in [-0.3, -0.25) is 4.98 Å². The van der Waals surface area contributed by atoms with Crippen LogP contribution in [-0.4, -0.2) is 9.97 Å². The van der Waals surface area contributed by atoms with Gasteiger partial charge in [0.1, 0.15) is 11.2 Å². The topological polar surface area (TPSA) is 38.9 Å². The van der Waals surface area contributed by atoms with Crippen molar-refractivity contribution in [3.8, 4) is 22.5 Å². The molecule has 1 radical (unpaired) electrons. The smallest absolute Gasteiger partial charge is 0.137 e. The largest absolute Gasteiger partial charge is 0.456 e. The van der Waals surface area contributed by atoms with Gasteiger partial charge in [-0.25, -0.2) is 0 Å². The Morgan fingerprint density at radius 1 is 0.611 bits per heavy atom. The Labute approximate surface area is 222 Å². The molecule has 0 fully saturated rings. The normalized spacial score (nSPS) is 10.6. The van der Waals surface area contributed by atoms with E-state index in [0.29, 0.717) is 0 Å². The van der Waals surface area contributed by atoms with Gasteiger partial charge in [0.25, 0.3) is 0 Å². The molecule has 7 aromatic rings. The van der Waals surface area contributed by atoms with Crippen molar-refractivity contribution in [2.45, 2.75) is 0 Å². The molecule has 7 rings (SSSR count). The van der Waals surface area contributed by atoms with E-state index >= 15 is 0 Å². The van der Waals surface area contributed by atoms with Crippen LogP contribution in [-0.2, 0) is 20.1 Å². The van der Waals surface area contributed by atoms with Crippen LogP contribution in [0.15, 0.2) is 126 Å². The number of para-hydroxylation sites is 2. The molecule has 36 heavy (non-hydrogen) atoms. The van der Waals surface area contributed by atoms with Crippen LogP contribution in [0.4, 0.5) is 0 Å². The SMILES string of the molecule is [Ir].[c-]1ccccc1-c1ccccn1.[c-]1ccccc1-c1nc2ccccc2c2oc3ccccc3c12. The zero-order chi connectivity index (χ0) is 23.5. The van der Waals surface area contributed by atoms with E-state index in [2.05, 4.69) is 29.2 Å². The Morgan fingerprint density at radius 3 is 2.00 bits per heavy atom. The van der Waals surface area contributed by atoms with Crippen LogP contribution in [0.1, 0.15) is 0 Å². The Kier molecular flexibility index (Phi) is 6.99. The molecule has 3 heterocycles. The summed E-state index contributed by atoms with van der Waals surface area (Å²) in [6.45, 7) is 0. The predicted molar refractivity (Wildman–Crippen MR) is 142 cm³/mol. The van der Waals surface area contributed by atoms with Gasteiger partial charge in [-0.15, -0.1) is 71.8 Å². The minimum atomic E-state index is 0. The number of hydrogen-bond acceptors (Lipinski definition) is 3. The monoisotopic (exact) mass is 641 g/mol. The first-order valence-electron chi connectivity index (χ1n) is 11.4. The molecule has 3 nitrogen and oxygen atoms in total. The second kappa shape index (κ2) is 10.7. The third kappa shape index (κ3) is 4.57. The molecule has 0 saturated carbocycles. The average Bonchev–Trinajstić information content (AvgIpc) is 3.35. The quantitative estimate of drug-likeness (QED) is 0.179. The molecule has 0 N–H and O–H groups in total. The molecule has 4 aromatic carbocycles. The van der Waals surface area contributed by atoms with Crippen LogP contribution in [0, 0.1) is 12.1 Å². The van der Waals surface area contributed by atoms with Gasteiger partial charge in [0, 0.05) is 48.2 Å². The maximum atomic E-state index is 6.17. The first kappa shape index (κ1) is 23.6. The van der Waals surface area contributed by atoms with E-state index < -0.39 is 0 Å². The number of fused-ring (bicyclic) bond motifs is 5. The van der Waals surface area contributed by atoms with E-state index in [1.165, 1.54) is 0 Å². The Hall–Kier alpha value is -4.11. The molecule has 3 aromatic heterocycles. The number of pyridine rings is 2. The van der Waals surface area contributed by atoms with Crippen LogP contribution in [0.5, 0.6) is 0 Å². The summed E-state index contributed by atoms with van der Waals surface area (Å²) in [5, 5.41) is 3.19. The number of benzene rings is 4. The molecule has 0 atom stereocenters. The van der Waals surface area contributed by atoms with Gasteiger partial charge in [-0.1, -0.05) is 42.5 Å². The molecule has 0 bridgehead atoms. The summed E-state index contributed by atoms with van der Waals surface area (Å²) in [6, 6.07) is 44.3. The Bertz CT molecular complexity index is 1690. The molecule has 175 valence electrons. The minimum absolute atomic E-state index is 0. The second-order valence-electron chi connectivity index (χ2n) is 8.05. The van der Waals surface area contributed by atoms with Crippen molar-refractivity contribution >= 4 is 32.8 Å². The van der Waals surface area contributed by atoms with Gasteiger partial charge in [-0.2, -0.15) is 0 Å². The molecular weight excluding hydrogens is 621 g/mol. The van der Waals surface area contributed by atoms with Gasteiger partial charge in [0.05, 0.1) is 5.52 Å². The zero-order valence-electron chi connectivity index (χ0n) is 19.2. The fourth-order valence-electron chi connectivity index (χ4n) is 4.22. The molecule has 0 aliphatic carbocycles. The van der Waals surface area contributed by atoms with Gasteiger partial charge in [-0.05, 0) is 30.0 Å². The Balaban J connectivity index is 0.000000175. The fourth-order valence-corrected chi connectivity index (χ4v) is 4.22. The average molecular weight is 641 g/mol. The van der Waals surface area contributed by atoms with Crippen LogP contribution < -0.4 is 0 Å². The molecule has 0 aliphatic rings. The minimum Gasteiger partial charge on any atom is -0.456 e. The third-order valence-electron chi connectivity index (χ3n) is 5.83. The Morgan fingerprint density at radius 2 is 1.28 bits per heavy atom. The van der Waals surface area contributed by atoms with Gasteiger partial charge in [0.2, 0.25) is 0 Å². The van der Waals surface area contributed by atoms with Gasteiger partial charge in [0.15, 0.2) is 0 Å². The van der Waals surface area contributed by atoms with Crippen molar-refractivity contribution in [3.05, 3.63) is 134 Å². The summed E-state index contributed by atoms with van der Waals surface area (Å²) in [6.07, 6.45) is 1.79. The standard InChI is InChI=1S/C21H12NO.C11H8N.Ir/c1-2-8-14(9-3-1)20-19-16-11-5-7-13-18(16)23-21(19)15-10-4-6-12-17(15)22-20;1-2-6-10(7-3-1)11-8-4-5-9-12-11;/h1-8,10-13H;1-6,8-9H;/q2*-1;. The van der Waals surface area contributed by atoms with Crippen molar-refractivity contribution in [2.24, 2.45) is 0 Å². The molecule has 0 spiro atoms. The van der Waals surface area contributed by atoms with E-state index in [0.717, 1.165) is 55.4 Å². The van der Waals surface area contributed by atoms with Crippen LogP contribution in [0.2, 0.25) is 0 Å². The zero-order valence-corrected chi connectivity index (χ0v) is 21.6. The number of hydrogen-bond donors (Lipinski definition) is 0. The van der Waals surface area contributed by atoms with E-state index in [4.69, 9.17) is 9.40 Å². The molecule has 0 saturated heterocycles. The van der Waals surface area contributed by atoms with E-state index in [9.17, 15) is 0 Å². The van der Waals surface area contributed by atoms with Crippen LogP contribution >= 0.6 is 0 Å².